The van der Waals surface area contributed by atoms with Crippen molar-refractivity contribution in [3.63, 3.8) is 0 Å². The topological polar surface area (TPSA) is 76.9 Å². The lowest BCUT2D eigenvalue weighted by atomic mass is 9.97. The van der Waals surface area contributed by atoms with E-state index in [1.807, 2.05) is 44.2 Å². The Bertz CT molecular complexity index is 1160. The van der Waals surface area contributed by atoms with Crippen molar-refractivity contribution in [2.24, 2.45) is 0 Å². The van der Waals surface area contributed by atoms with Crippen LogP contribution in [-0.4, -0.2) is 26.2 Å². The van der Waals surface area contributed by atoms with E-state index in [1.54, 1.807) is 17.0 Å². The number of hydrogen-bond donors (Lipinski definition) is 1. The van der Waals surface area contributed by atoms with Gasteiger partial charge in [0.1, 0.15) is 5.03 Å². The van der Waals surface area contributed by atoms with Gasteiger partial charge in [-0.3, -0.25) is 14.3 Å². The second-order valence-corrected chi connectivity index (χ2v) is 8.90. The van der Waals surface area contributed by atoms with Gasteiger partial charge >= 0.3 is 5.69 Å². The van der Waals surface area contributed by atoms with Gasteiger partial charge in [-0.2, -0.15) is 4.98 Å². The smallest absolute Gasteiger partial charge is 0.325 e. The average Bonchev–Trinajstić information content (AvgIpc) is 2.77. The molecule has 0 spiro atoms. The Morgan fingerprint density at radius 2 is 2.03 bits per heavy atom. The third kappa shape index (κ3) is 5.05. The molecule has 1 aliphatic rings. The van der Waals surface area contributed by atoms with E-state index >= 15 is 0 Å². The standard InChI is InChI=1S/C24H26N4O2S/c1-16-9-10-20(17(2)12-16)26-22(29)15-31-23-19-7-3-4-8-21(19)28(24(30)27-23)14-18-6-5-11-25-13-18/h5-6,9-13H,3-4,7-8,14-15H2,1-2H3,(H,26,29). The Balaban J connectivity index is 1.53. The minimum absolute atomic E-state index is 0.0946. The summed E-state index contributed by atoms with van der Waals surface area (Å²) in [4.78, 5) is 33.9. The zero-order chi connectivity index (χ0) is 21.8. The molecule has 2 aromatic heterocycles. The Hall–Kier alpha value is -2.93. The van der Waals surface area contributed by atoms with Crippen LogP contribution in [0.1, 0.15) is 40.8 Å². The molecular formula is C24H26N4O2S. The number of nitrogens with zero attached hydrogens (tertiary/aromatic N) is 3. The van der Waals surface area contributed by atoms with Crippen LogP contribution in [0, 0.1) is 13.8 Å². The van der Waals surface area contributed by atoms with Gasteiger partial charge in [-0.15, -0.1) is 0 Å². The maximum atomic E-state index is 12.8. The van der Waals surface area contributed by atoms with Crippen molar-refractivity contribution in [1.29, 1.82) is 0 Å². The number of pyridine rings is 1. The first kappa shape index (κ1) is 21.3. The van der Waals surface area contributed by atoms with Gasteiger partial charge < -0.3 is 5.32 Å². The third-order valence-electron chi connectivity index (χ3n) is 5.51. The molecule has 0 radical (unpaired) electrons. The first-order valence-electron chi connectivity index (χ1n) is 10.5. The normalized spacial score (nSPS) is 13.0. The molecule has 1 N–H and O–H groups in total. The van der Waals surface area contributed by atoms with Gasteiger partial charge in [0, 0.05) is 29.3 Å². The van der Waals surface area contributed by atoms with Crippen LogP contribution in [-0.2, 0) is 24.2 Å². The van der Waals surface area contributed by atoms with Crippen LogP contribution < -0.4 is 11.0 Å². The number of benzene rings is 1. The number of nitrogens with one attached hydrogen (secondary N) is 1. The molecule has 0 bridgehead atoms. The SMILES string of the molecule is Cc1ccc(NC(=O)CSc2nc(=O)n(Cc3cccnc3)c3c2CCCC3)c(C)c1. The maximum Gasteiger partial charge on any atom is 0.349 e. The summed E-state index contributed by atoms with van der Waals surface area (Å²) in [5.41, 5.74) is 5.89. The largest absolute Gasteiger partial charge is 0.349 e. The summed E-state index contributed by atoms with van der Waals surface area (Å²) in [5.74, 6) is 0.126. The van der Waals surface area contributed by atoms with Crippen molar-refractivity contribution in [2.75, 3.05) is 11.1 Å². The van der Waals surface area contributed by atoms with E-state index in [9.17, 15) is 9.59 Å². The van der Waals surface area contributed by atoms with E-state index < -0.39 is 0 Å². The summed E-state index contributed by atoms with van der Waals surface area (Å²) in [7, 11) is 0. The quantitative estimate of drug-likeness (QED) is 0.470. The Labute approximate surface area is 186 Å². The number of amides is 1. The maximum absolute atomic E-state index is 12.8. The van der Waals surface area contributed by atoms with Gasteiger partial charge in [0.25, 0.3) is 0 Å². The molecule has 2 heterocycles. The number of fused-ring (bicyclic) bond motifs is 1. The van der Waals surface area contributed by atoms with Crippen LogP contribution in [0.2, 0.25) is 0 Å². The van der Waals surface area contributed by atoms with Crippen molar-refractivity contribution < 1.29 is 4.79 Å². The first-order valence-corrected chi connectivity index (χ1v) is 11.5. The molecule has 1 aromatic carbocycles. The molecule has 4 rings (SSSR count). The number of carbonyl (C=O) groups excluding carboxylic acids is 1. The molecule has 0 saturated carbocycles. The van der Waals surface area contributed by atoms with Gasteiger partial charge in [0.05, 0.1) is 12.3 Å². The van der Waals surface area contributed by atoms with Crippen LogP contribution >= 0.6 is 11.8 Å². The lowest BCUT2D eigenvalue weighted by molar-refractivity contribution is -0.113. The van der Waals surface area contributed by atoms with Gasteiger partial charge in [0.2, 0.25) is 5.91 Å². The fourth-order valence-corrected chi connectivity index (χ4v) is 4.86. The van der Waals surface area contributed by atoms with Crippen molar-refractivity contribution in [2.45, 2.75) is 51.1 Å². The van der Waals surface area contributed by atoms with Gasteiger partial charge in [-0.05, 0) is 62.8 Å². The molecule has 0 atom stereocenters. The number of hydrogen-bond acceptors (Lipinski definition) is 5. The zero-order valence-electron chi connectivity index (χ0n) is 17.9. The molecule has 0 saturated heterocycles. The predicted octanol–water partition coefficient (Wildman–Crippen LogP) is 3.91. The molecule has 6 nitrogen and oxygen atoms in total. The summed E-state index contributed by atoms with van der Waals surface area (Å²) in [6.45, 7) is 4.48. The second-order valence-electron chi connectivity index (χ2n) is 7.93. The van der Waals surface area contributed by atoms with Crippen LogP contribution in [0.3, 0.4) is 0 Å². The van der Waals surface area contributed by atoms with Gasteiger partial charge in [-0.1, -0.05) is 35.5 Å². The highest BCUT2D eigenvalue weighted by Gasteiger charge is 2.21. The lowest BCUT2D eigenvalue weighted by Gasteiger charge is -2.22. The van der Waals surface area contributed by atoms with Crippen molar-refractivity contribution in [3.05, 3.63) is 81.2 Å². The Kier molecular flexibility index (Phi) is 6.51. The zero-order valence-corrected chi connectivity index (χ0v) is 18.7. The highest BCUT2D eigenvalue weighted by molar-refractivity contribution is 8.00. The minimum atomic E-state index is -0.262. The Morgan fingerprint density at radius 1 is 1.19 bits per heavy atom. The predicted molar refractivity (Wildman–Crippen MR) is 124 cm³/mol. The molecule has 0 fully saturated rings. The number of aromatic nitrogens is 3. The second kappa shape index (κ2) is 9.47. The van der Waals surface area contributed by atoms with Crippen LogP contribution in [0.25, 0.3) is 0 Å². The average molecular weight is 435 g/mol. The van der Waals surface area contributed by atoms with E-state index in [0.29, 0.717) is 11.6 Å². The first-order chi connectivity index (χ1) is 15.0. The van der Waals surface area contributed by atoms with E-state index in [4.69, 9.17) is 0 Å². The van der Waals surface area contributed by atoms with Crippen LogP contribution in [0.15, 0.2) is 52.5 Å². The summed E-state index contributed by atoms with van der Waals surface area (Å²) < 4.78 is 1.77. The van der Waals surface area contributed by atoms with E-state index in [-0.39, 0.29) is 17.3 Å². The number of thioether (sulfide) groups is 1. The van der Waals surface area contributed by atoms with Gasteiger partial charge in [0.15, 0.2) is 0 Å². The minimum Gasteiger partial charge on any atom is -0.325 e. The van der Waals surface area contributed by atoms with Crippen molar-refractivity contribution in [1.82, 2.24) is 14.5 Å². The molecule has 7 heteroatoms. The summed E-state index contributed by atoms with van der Waals surface area (Å²) >= 11 is 1.35. The molecule has 1 amide bonds. The van der Waals surface area contributed by atoms with E-state index in [1.165, 1.54) is 11.8 Å². The molecule has 31 heavy (non-hydrogen) atoms. The summed E-state index contributed by atoms with van der Waals surface area (Å²) in [5, 5.41) is 3.66. The monoisotopic (exact) mass is 434 g/mol. The Morgan fingerprint density at radius 3 is 2.81 bits per heavy atom. The molecule has 1 aliphatic carbocycles. The fourth-order valence-electron chi connectivity index (χ4n) is 3.98. The van der Waals surface area contributed by atoms with E-state index in [0.717, 1.165) is 59.3 Å². The summed E-state index contributed by atoms with van der Waals surface area (Å²) in [6, 6.07) is 9.79. The lowest BCUT2D eigenvalue weighted by Crippen LogP contribution is -2.30. The molecule has 0 aliphatic heterocycles. The third-order valence-corrected chi connectivity index (χ3v) is 6.53. The molecule has 0 unspecified atom stereocenters. The number of anilines is 1. The van der Waals surface area contributed by atoms with E-state index in [2.05, 4.69) is 15.3 Å². The molecule has 3 aromatic rings. The number of carbonyl (C=O) groups is 1. The van der Waals surface area contributed by atoms with Crippen LogP contribution in [0.4, 0.5) is 5.69 Å². The van der Waals surface area contributed by atoms with Crippen LogP contribution in [0.5, 0.6) is 0 Å². The highest BCUT2D eigenvalue weighted by atomic mass is 32.2. The highest BCUT2D eigenvalue weighted by Crippen LogP contribution is 2.29. The number of aryl methyl sites for hydroxylation is 2. The van der Waals surface area contributed by atoms with Gasteiger partial charge in [-0.25, -0.2) is 4.79 Å². The van der Waals surface area contributed by atoms with Crippen molar-refractivity contribution in [3.8, 4) is 0 Å². The fraction of sp³-hybridized carbons (Fsp3) is 0.333. The van der Waals surface area contributed by atoms with Crippen molar-refractivity contribution >= 4 is 23.4 Å². The summed E-state index contributed by atoms with van der Waals surface area (Å²) in [6.07, 6.45) is 7.37. The molecule has 160 valence electrons. The number of rotatable bonds is 6. The molecular weight excluding hydrogens is 408 g/mol.